The van der Waals surface area contributed by atoms with Gasteiger partial charge in [-0.2, -0.15) is 0 Å². The molecule has 3 aromatic rings. The molecule has 1 aromatic carbocycles. The molecule has 32 heavy (non-hydrogen) atoms. The van der Waals surface area contributed by atoms with Crippen molar-refractivity contribution in [3.63, 3.8) is 0 Å². The van der Waals surface area contributed by atoms with Gasteiger partial charge in [-0.15, -0.1) is 21.5 Å². The van der Waals surface area contributed by atoms with E-state index in [0.29, 0.717) is 49.6 Å². The third-order valence-electron chi connectivity index (χ3n) is 5.73. The molecule has 4 heterocycles. The maximum absolute atomic E-state index is 14.0. The molecule has 2 aromatic heterocycles. The summed E-state index contributed by atoms with van der Waals surface area (Å²) in [6.45, 7) is 5.85. The van der Waals surface area contributed by atoms with Crippen molar-refractivity contribution in [3.05, 3.63) is 52.0 Å². The van der Waals surface area contributed by atoms with Gasteiger partial charge in [0.2, 0.25) is 11.9 Å². The molecule has 10 heteroatoms. The Hall–Kier alpha value is -2.43. The van der Waals surface area contributed by atoms with Crippen LogP contribution in [-0.2, 0) is 22.5 Å². The number of hydrogen-bond donors (Lipinski definition) is 0. The smallest absolute Gasteiger partial charge is 0.236 e. The Bertz CT molecular complexity index is 1110. The van der Waals surface area contributed by atoms with E-state index in [1.54, 1.807) is 17.4 Å². The van der Waals surface area contributed by atoms with Gasteiger partial charge in [-0.05, 0) is 48.6 Å². The van der Waals surface area contributed by atoms with Crippen molar-refractivity contribution < 1.29 is 13.9 Å². The van der Waals surface area contributed by atoms with Crippen LogP contribution in [0.15, 0.2) is 40.9 Å². The van der Waals surface area contributed by atoms with E-state index in [-0.39, 0.29) is 17.0 Å². The SMILES string of the molecule is CC(Sc1nnc(N2CCOCC2)n1-c1cccc(F)c1)C(=O)N1CCc2sccc2C1. The summed E-state index contributed by atoms with van der Waals surface area (Å²) >= 11 is 3.12. The molecule has 1 unspecified atom stereocenters. The lowest BCUT2D eigenvalue weighted by atomic mass is 10.1. The predicted octanol–water partition coefficient (Wildman–Crippen LogP) is 3.37. The van der Waals surface area contributed by atoms with Crippen molar-refractivity contribution in [2.75, 3.05) is 37.7 Å². The Morgan fingerprint density at radius 2 is 2.06 bits per heavy atom. The average molecular weight is 474 g/mol. The predicted molar refractivity (Wildman–Crippen MR) is 123 cm³/mol. The van der Waals surface area contributed by atoms with E-state index >= 15 is 0 Å². The largest absolute Gasteiger partial charge is 0.378 e. The van der Waals surface area contributed by atoms with Crippen molar-refractivity contribution in [1.29, 1.82) is 0 Å². The molecule has 0 spiro atoms. The Kier molecular flexibility index (Phi) is 6.16. The van der Waals surface area contributed by atoms with E-state index in [9.17, 15) is 9.18 Å². The second kappa shape index (κ2) is 9.21. The highest BCUT2D eigenvalue weighted by molar-refractivity contribution is 8.00. The highest BCUT2D eigenvalue weighted by Crippen LogP contribution is 2.32. The van der Waals surface area contributed by atoms with Crippen LogP contribution in [0.3, 0.4) is 0 Å². The second-order valence-corrected chi connectivity index (χ2v) is 10.1. The Labute approximate surface area is 194 Å². The minimum Gasteiger partial charge on any atom is -0.378 e. The van der Waals surface area contributed by atoms with Gasteiger partial charge < -0.3 is 14.5 Å². The highest BCUT2D eigenvalue weighted by atomic mass is 32.2. The highest BCUT2D eigenvalue weighted by Gasteiger charge is 2.29. The summed E-state index contributed by atoms with van der Waals surface area (Å²) in [5, 5.41) is 11.1. The maximum Gasteiger partial charge on any atom is 0.236 e. The van der Waals surface area contributed by atoms with Crippen LogP contribution in [0, 0.1) is 5.82 Å². The van der Waals surface area contributed by atoms with Gasteiger partial charge in [-0.25, -0.2) is 4.39 Å². The monoisotopic (exact) mass is 473 g/mol. The number of ether oxygens (including phenoxy) is 1. The minimum atomic E-state index is -0.343. The third kappa shape index (κ3) is 4.26. The molecule has 1 fully saturated rings. The van der Waals surface area contributed by atoms with Gasteiger partial charge in [0.05, 0.1) is 24.2 Å². The van der Waals surface area contributed by atoms with Gasteiger partial charge >= 0.3 is 0 Å². The van der Waals surface area contributed by atoms with E-state index in [2.05, 4.69) is 26.5 Å². The van der Waals surface area contributed by atoms with Crippen LogP contribution in [-0.4, -0.2) is 63.7 Å². The molecular weight excluding hydrogens is 449 g/mol. The molecular formula is C22H24FN5O2S2. The first-order chi connectivity index (χ1) is 15.6. The van der Waals surface area contributed by atoms with Crippen LogP contribution in [0.5, 0.6) is 0 Å². The standard InChI is InChI=1S/C22H24FN5O2S2/c1-15(20(29)27-7-5-19-16(14-27)6-12-31-19)32-22-25-24-21(26-8-10-30-11-9-26)28(22)18-4-2-3-17(23)13-18/h2-4,6,12-13,15H,5,7-11,14H2,1H3. The summed E-state index contributed by atoms with van der Waals surface area (Å²) in [5.41, 5.74) is 1.88. The fourth-order valence-electron chi connectivity index (χ4n) is 4.05. The van der Waals surface area contributed by atoms with Crippen molar-refractivity contribution in [1.82, 2.24) is 19.7 Å². The van der Waals surface area contributed by atoms with Gasteiger partial charge in [-0.1, -0.05) is 17.8 Å². The molecule has 1 amide bonds. The number of fused-ring (bicyclic) bond motifs is 1. The number of halogens is 1. The number of aromatic nitrogens is 3. The average Bonchev–Trinajstić information content (AvgIpc) is 3.45. The van der Waals surface area contributed by atoms with E-state index in [1.165, 1.54) is 34.3 Å². The maximum atomic E-state index is 14.0. The molecule has 0 bridgehead atoms. The molecule has 0 N–H and O–H groups in total. The third-order valence-corrected chi connectivity index (χ3v) is 7.78. The number of thioether (sulfide) groups is 1. The first-order valence-electron chi connectivity index (χ1n) is 10.6. The zero-order valence-corrected chi connectivity index (χ0v) is 19.4. The van der Waals surface area contributed by atoms with E-state index in [0.717, 1.165) is 13.0 Å². The van der Waals surface area contributed by atoms with E-state index in [1.807, 2.05) is 22.5 Å². The molecule has 0 aliphatic carbocycles. The quantitative estimate of drug-likeness (QED) is 0.530. The van der Waals surface area contributed by atoms with Gasteiger partial charge in [0.1, 0.15) is 5.82 Å². The summed E-state index contributed by atoms with van der Waals surface area (Å²) in [6.07, 6.45) is 0.900. The Morgan fingerprint density at radius 1 is 1.22 bits per heavy atom. The number of rotatable bonds is 5. The van der Waals surface area contributed by atoms with Crippen LogP contribution in [0.25, 0.3) is 5.69 Å². The molecule has 1 atom stereocenters. The lowest BCUT2D eigenvalue weighted by Gasteiger charge is -2.29. The summed E-state index contributed by atoms with van der Waals surface area (Å²) < 4.78 is 21.3. The fourth-order valence-corrected chi connectivity index (χ4v) is 5.89. The van der Waals surface area contributed by atoms with Crippen LogP contribution in [0.4, 0.5) is 10.3 Å². The van der Waals surface area contributed by atoms with E-state index < -0.39 is 0 Å². The van der Waals surface area contributed by atoms with Crippen LogP contribution in [0.2, 0.25) is 0 Å². The summed E-state index contributed by atoms with van der Waals surface area (Å²) in [4.78, 5) is 18.6. The van der Waals surface area contributed by atoms with Crippen LogP contribution in [0.1, 0.15) is 17.4 Å². The van der Waals surface area contributed by atoms with Gasteiger partial charge in [0.25, 0.3) is 0 Å². The van der Waals surface area contributed by atoms with Gasteiger partial charge in [-0.3, -0.25) is 9.36 Å². The Balaban J connectivity index is 1.40. The summed E-state index contributed by atoms with van der Waals surface area (Å²) in [6, 6.07) is 8.48. The minimum absolute atomic E-state index is 0.0774. The van der Waals surface area contributed by atoms with Crippen molar-refractivity contribution >= 4 is 35.0 Å². The number of hydrogen-bond acceptors (Lipinski definition) is 7. The topological polar surface area (TPSA) is 63.5 Å². The molecule has 7 nitrogen and oxygen atoms in total. The first-order valence-corrected chi connectivity index (χ1v) is 12.4. The molecule has 0 saturated carbocycles. The van der Waals surface area contributed by atoms with Gasteiger partial charge in [0.15, 0.2) is 5.16 Å². The Morgan fingerprint density at radius 3 is 2.88 bits per heavy atom. The fraction of sp³-hybridized carbons (Fsp3) is 0.409. The summed E-state index contributed by atoms with van der Waals surface area (Å²) in [7, 11) is 0. The van der Waals surface area contributed by atoms with Gasteiger partial charge in [0, 0.05) is 31.1 Å². The molecule has 2 aliphatic rings. The molecule has 5 rings (SSSR count). The lowest BCUT2D eigenvalue weighted by molar-refractivity contribution is -0.131. The second-order valence-electron chi connectivity index (χ2n) is 7.84. The normalized spacial score (nSPS) is 17.3. The van der Waals surface area contributed by atoms with Crippen LogP contribution < -0.4 is 4.90 Å². The molecule has 2 aliphatic heterocycles. The number of carbonyl (C=O) groups is 1. The number of thiophene rings is 1. The number of benzene rings is 1. The van der Waals surface area contributed by atoms with Crippen molar-refractivity contribution in [2.24, 2.45) is 0 Å². The number of morpholine rings is 1. The lowest BCUT2D eigenvalue weighted by Crippen LogP contribution is -2.39. The summed E-state index contributed by atoms with van der Waals surface area (Å²) in [5.74, 6) is 0.389. The van der Waals surface area contributed by atoms with E-state index in [4.69, 9.17) is 4.74 Å². The molecule has 168 valence electrons. The number of amides is 1. The number of carbonyl (C=O) groups excluding carboxylic acids is 1. The van der Waals surface area contributed by atoms with Crippen molar-refractivity contribution in [2.45, 2.75) is 30.3 Å². The number of nitrogens with zero attached hydrogens (tertiary/aromatic N) is 5. The zero-order chi connectivity index (χ0) is 22.1. The number of anilines is 1. The van der Waals surface area contributed by atoms with Crippen LogP contribution >= 0.6 is 23.1 Å². The first kappa shape index (κ1) is 21.4. The molecule has 1 saturated heterocycles. The van der Waals surface area contributed by atoms with Crippen molar-refractivity contribution in [3.8, 4) is 5.69 Å². The zero-order valence-electron chi connectivity index (χ0n) is 17.7. The molecule has 0 radical (unpaired) electrons.